The van der Waals surface area contributed by atoms with Crippen LogP contribution in [0.3, 0.4) is 0 Å². The van der Waals surface area contributed by atoms with Crippen LogP contribution in [0.1, 0.15) is 232 Å². The third-order valence-electron chi connectivity index (χ3n) is 13.7. The molecule has 516 valence electrons. The molecule has 0 aromatic heterocycles. The Kier molecular flexibility index (Phi) is 69.9. The highest BCUT2D eigenvalue weighted by atomic mass is 31.2. The number of esters is 2. The predicted molar refractivity (Wildman–Crippen MR) is 403 cm³/mol. The molecule has 0 aromatic rings. The van der Waals surface area contributed by atoms with Gasteiger partial charge < -0.3 is 20.1 Å². The Labute approximate surface area is 567 Å². The molecule has 0 spiro atoms. The van der Waals surface area contributed by atoms with Gasteiger partial charge in [-0.15, -0.1) is 0 Å². The van der Waals surface area contributed by atoms with E-state index in [2.05, 4.69) is 257 Å². The van der Waals surface area contributed by atoms with Crippen molar-refractivity contribution in [2.24, 2.45) is 5.73 Å². The van der Waals surface area contributed by atoms with Crippen molar-refractivity contribution in [1.29, 1.82) is 0 Å². The van der Waals surface area contributed by atoms with Crippen LogP contribution in [0.25, 0.3) is 0 Å². The molecular weight excluding hydrogens is 1170 g/mol. The van der Waals surface area contributed by atoms with Crippen molar-refractivity contribution in [3.63, 3.8) is 0 Å². The highest BCUT2D eigenvalue weighted by molar-refractivity contribution is 7.47. The zero-order chi connectivity index (χ0) is 67.2. The molecule has 0 saturated heterocycles. The fraction of sp³-hybridized carbons (Fsp3) is 0.494. The van der Waals surface area contributed by atoms with Crippen LogP contribution in [0.15, 0.2) is 243 Å². The van der Waals surface area contributed by atoms with E-state index in [1.807, 2.05) is 0 Å². The van der Waals surface area contributed by atoms with Crippen molar-refractivity contribution < 1.29 is 37.6 Å². The molecule has 0 radical (unpaired) electrons. The number of ether oxygens (including phenoxy) is 2. The Balaban J connectivity index is 4.10. The number of rotatable bonds is 63. The summed E-state index contributed by atoms with van der Waals surface area (Å²) in [6.45, 7) is 3.43. The molecule has 10 heteroatoms. The Morgan fingerprint density at radius 1 is 0.323 bits per heavy atom. The molecular formula is C83H126NO8P. The number of phosphoric acid groups is 1. The summed E-state index contributed by atoms with van der Waals surface area (Å²) in [6, 6.07) is 0. The van der Waals surface area contributed by atoms with Crippen molar-refractivity contribution in [3.8, 4) is 0 Å². The zero-order valence-electron chi connectivity index (χ0n) is 57.9. The number of nitrogens with two attached hydrogens (primary N) is 1. The summed E-state index contributed by atoms with van der Waals surface area (Å²) >= 11 is 0. The van der Waals surface area contributed by atoms with Crippen molar-refractivity contribution in [1.82, 2.24) is 0 Å². The van der Waals surface area contributed by atoms with Crippen LogP contribution < -0.4 is 5.73 Å². The molecule has 0 amide bonds. The van der Waals surface area contributed by atoms with E-state index in [9.17, 15) is 19.0 Å². The van der Waals surface area contributed by atoms with Gasteiger partial charge in [0.1, 0.15) is 6.61 Å². The van der Waals surface area contributed by atoms with Gasteiger partial charge in [0.05, 0.1) is 13.2 Å². The summed E-state index contributed by atoms with van der Waals surface area (Å²) in [6.07, 6.45) is 119. The first kappa shape index (κ1) is 86.8. The smallest absolute Gasteiger partial charge is 0.462 e. The summed E-state index contributed by atoms with van der Waals surface area (Å²) in [5.74, 6) is -0.895. The van der Waals surface area contributed by atoms with Gasteiger partial charge >= 0.3 is 19.8 Å². The molecule has 0 heterocycles. The third-order valence-corrected chi connectivity index (χ3v) is 14.7. The third kappa shape index (κ3) is 74.7. The lowest BCUT2D eigenvalue weighted by molar-refractivity contribution is -0.161. The predicted octanol–water partition coefficient (Wildman–Crippen LogP) is 24.0. The molecule has 0 aliphatic heterocycles. The van der Waals surface area contributed by atoms with Crippen LogP contribution in [0, 0.1) is 0 Å². The van der Waals surface area contributed by atoms with E-state index in [-0.39, 0.29) is 32.6 Å². The van der Waals surface area contributed by atoms with Gasteiger partial charge in [-0.3, -0.25) is 18.6 Å². The van der Waals surface area contributed by atoms with Crippen LogP contribution in [-0.2, 0) is 32.7 Å². The molecule has 0 saturated carbocycles. The lowest BCUT2D eigenvalue weighted by Crippen LogP contribution is -2.29. The average Bonchev–Trinajstić information content (AvgIpc) is 3.49. The second-order valence-corrected chi connectivity index (χ2v) is 23.7. The van der Waals surface area contributed by atoms with E-state index in [4.69, 9.17) is 24.3 Å². The van der Waals surface area contributed by atoms with E-state index in [0.29, 0.717) is 12.8 Å². The fourth-order valence-corrected chi connectivity index (χ4v) is 9.34. The van der Waals surface area contributed by atoms with Crippen LogP contribution in [-0.4, -0.2) is 49.3 Å². The fourth-order valence-electron chi connectivity index (χ4n) is 8.57. The maximum Gasteiger partial charge on any atom is 0.472 e. The molecule has 0 rings (SSSR count). The van der Waals surface area contributed by atoms with Crippen LogP contribution >= 0.6 is 7.82 Å². The Morgan fingerprint density at radius 3 is 0.828 bits per heavy atom. The zero-order valence-corrected chi connectivity index (χ0v) is 58.8. The van der Waals surface area contributed by atoms with Crippen LogP contribution in [0.4, 0.5) is 0 Å². The van der Waals surface area contributed by atoms with Crippen molar-refractivity contribution in [2.75, 3.05) is 26.4 Å². The first-order valence-corrected chi connectivity index (χ1v) is 37.0. The highest BCUT2D eigenvalue weighted by Gasteiger charge is 2.26. The molecule has 2 unspecified atom stereocenters. The molecule has 2 atom stereocenters. The average molecular weight is 1300 g/mol. The second-order valence-electron chi connectivity index (χ2n) is 22.3. The molecule has 0 fully saturated rings. The van der Waals surface area contributed by atoms with E-state index in [1.54, 1.807) is 0 Å². The number of unbranched alkanes of at least 4 members (excludes halogenated alkanes) is 10. The van der Waals surface area contributed by atoms with Gasteiger partial charge in [-0.2, -0.15) is 0 Å². The van der Waals surface area contributed by atoms with E-state index in [1.165, 1.54) is 0 Å². The standard InChI is InChI=1S/C83H126NO8P/c1-3-5-7-9-11-13-15-17-19-21-23-25-27-29-31-33-35-36-37-38-39-40-41-42-43-44-46-48-50-52-54-56-58-60-62-64-66-68-70-72-74-76-83(86)92-81(80-91-93(87,88)90-78-77-84)79-89-82(85)75-73-71-69-67-65-63-61-59-57-55-53-51-49-47-45-34-32-30-28-26-24-22-20-18-16-14-12-10-8-6-4-2/h5-8,11-14,17-20,23-26,29-32,35-36,38-39,41-42,44-47,50-53,56-59,62,64,81H,3-4,9-10,15-16,21-22,27-28,33-34,37,40,43,48-49,54-55,60-61,63,65-80,84H2,1-2H3,(H,87,88)/b7-5-,8-6-,13-11-,14-12-,19-17-,20-18-,25-23-,26-24-,31-29-,32-30-,36-35-,39-38-,42-41-,46-44-,47-45-,52-50-,53-51-,58-56-,59-57-,64-62-. The molecule has 0 bridgehead atoms. The minimum Gasteiger partial charge on any atom is -0.462 e. The SMILES string of the molecule is CC/C=C\C/C=C\C/C=C\C/C=C\C/C=C\C/C=C\C/C=C\C/C=C\C/C=C\C/C=C\C/C=C\C/C=C\CCCCCCC(=O)OC(COC(=O)CCCCCCCC/C=C\C/C=C\C/C=C\C/C=C\C/C=C\C/C=C\C/C=C\C/C=C\CC)COP(=O)(O)OCCN. The topological polar surface area (TPSA) is 134 Å². The lowest BCUT2D eigenvalue weighted by atomic mass is 10.1. The highest BCUT2D eigenvalue weighted by Crippen LogP contribution is 2.43. The van der Waals surface area contributed by atoms with E-state index >= 15 is 0 Å². The summed E-state index contributed by atoms with van der Waals surface area (Å²) in [5, 5.41) is 0. The molecule has 0 aromatic carbocycles. The molecule has 93 heavy (non-hydrogen) atoms. The first-order valence-electron chi connectivity index (χ1n) is 35.5. The number of carbonyl (C=O) groups excluding carboxylic acids is 2. The van der Waals surface area contributed by atoms with Crippen molar-refractivity contribution >= 4 is 19.8 Å². The number of allylic oxidation sites excluding steroid dienone is 40. The van der Waals surface area contributed by atoms with Gasteiger partial charge in [0.15, 0.2) is 6.10 Å². The van der Waals surface area contributed by atoms with Crippen molar-refractivity contribution in [3.05, 3.63) is 243 Å². The second kappa shape index (κ2) is 74.8. The monoisotopic (exact) mass is 1300 g/mol. The number of hydrogen-bond acceptors (Lipinski definition) is 8. The van der Waals surface area contributed by atoms with Gasteiger partial charge in [0.25, 0.3) is 0 Å². The summed E-state index contributed by atoms with van der Waals surface area (Å²) in [5.41, 5.74) is 5.40. The molecule has 0 aliphatic rings. The van der Waals surface area contributed by atoms with Crippen LogP contribution in [0.5, 0.6) is 0 Å². The van der Waals surface area contributed by atoms with E-state index in [0.717, 1.165) is 193 Å². The minimum absolute atomic E-state index is 0.0328. The molecule has 0 aliphatic carbocycles. The Hall–Kier alpha value is -6.19. The quantitative estimate of drug-likeness (QED) is 0.0264. The minimum atomic E-state index is -4.43. The summed E-state index contributed by atoms with van der Waals surface area (Å²) in [7, 11) is -4.43. The number of carbonyl (C=O) groups is 2. The van der Waals surface area contributed by atoms with Gasteiger partial charge in [-0.25, -0.2) is 4.57 Å². The summed E-state index contributed by atoms with van der Waals surface area (Å²) in [4.78, 5) is 35.4. The lowest BCUT2D eigenvalue weighted by Gasteiger charge is -2.19. The molecule has 9 nitrogen and oxygen atoms in total. The van der Waals surface area contributed by atoms with Gasteiger partial charge in [0, 0.05) is 19.4 Å². The van der Waals surface area contributed by atoms with Crippen molar-refractivity contribution in [2.45, 2.75) is 238 Å². The maximum atomic E-state index is 12.8. The molecule has 3 N–H and O–H groups in total. The van der Waals surface area contributed by atoms with E-state index < -0.39 is 32.5 Å². The largest absolute Gasteiger partial charge is 0.472 e. The first-order chi connectivity index (χ1) is 45.8. The Morgan fingerprint density at radius 2 is 0.559 bits per heavy atom. The normalized spacial score (nSPS) is 14.4. The maximum absolute atomic E-state index is 12.8. The van der Waals surface area contributed by atoms with Gasteiger partial charge in [-0.05, 0) is 167 Å². The number of hydrogen-bond donors (Lipinski definition) is 2. The summed E-state index contributed by atoms with van der Waals surface area (Å²) < 4.78 is 33.1. The van der Waals surface area contributed by atoms with Gasteiger partial charge in [-0.1, -0.05) is 295 Å². The Bertz CT molecular complexity index is 2430. The van der Waals surface area contributed by atoms with Crippen LogP contribution in [0.2, 0.25) is 0 Å². The number of phosphoric ester groups is 1. The van der Waals surface area contributed by atoms with Gasteiger partial charge in [0.2, 0.25) is 0 Å².